The van der Waals surface area contributed by atoms with Gasteiger partial charge >= 0.3 is 0 Å². The van der Waals surface area contributed by atoms with Crippen molar-refractivity contribution in [2.75, 3.05) is 7.11 Å². The second-order valence-corrected chi connectivity index (χ2v) is 2.67. The Kier molecular flexibility index (Phi) is 1.32. The van der Waals surface area contributed by atoms with Crippen LogP contribution in [-0.2, 0) is 11.2 Å². The highest BCUT2D eigenvalue weighted by atomic mass is 16.5. The SMILES string of the molecule is COC1Cc2c1cc[nH]c2=O. The van der Waals surface area contributed by atoms with Gasteiger partial charge in [0.1, 0.15) is 0 Å². The fourth-order valence-electron chi connectivity index (χ4n) is 1.41. The number of hydrogen-bond donors (Lipinski definition) is 1. The van der Waals surface area contributed by atoms with Crippen molar-refractivity contribution in [1.82, 2.24) is 4.98 Å². The van der Waals surface area contributed by atoms with Crippen LogP contribution < -0.4 is 5.56 Å². The molecule has 0 aliphatic heterocycles. The Hall–Kier alpha value is -1.09. The number of aromatic amines is 1. The molecule has 0 fully saturated rings. The predicted octanol–water partition coefficient (Wildman–Crippen LogP) is 0.619. The summed E-state index contributed by atoms with van der Waals surface area (Å²) in [6, 6.07) is 1.90. The minimum absolute atomic E-state index is 0.0239. The van der Waals surface area contributed by atoms with Crippen molar-refractivity contribution in [2.24, 2.45) is 0 Å². The van der Waals surface area contributed by atoms with Gasteiger partial charge < -0.3 is 9.72 Å². The van der Waals surface area contributed by atoms with Gasteiger partial charge in [0.05, 0.1) is 6.10 Å². The second-order valence-electron chi connectivity index (χ2n) is 2.67. The van der Waals surface area contributed by atoms with Gasteiger partial charge in [0, 0.05) is 25.3 Å². The highest BCUT2D eigenvalue weighted by Crippen LogP contribution is 2.31. The number of pyridine rings is 1. The molecule has 0 amide bonds. The van der Waals surface area contributed by atoms with Gasteiger partial charge in [-0.2, -0.15) is 0 Å². The number of hydrogen-bond acceptors (Lipinski definition) is 2. The molecule has 11 heavy (non-hydrogen) atoms. The maximum atomic E-state index is 11.0. The van der Waals surface area contributed by atoms with E-state index in [0.29, 0.717) is 0 Å². The molecule has 1 aliphatic rings. The first-order valence-electron chi connectivity index (χ1n) is 3.56. The van der Waals surface area contributed by atoms with E-state index in [2.05, 4.69) is 4.98 Å². The molecule has 1 unspecified atom stereocenters. The standard InChI is InChI=1S/C8H9NO2/c1-11-7-4-6-5(7)2-3-9-8(6)10/h2-3,7H,4H2,1H3,(H,9,10). The molecule has 0 saturated heterocycles. The lowest BCUT2D eigenvalue weighted by Gasteiger charge is -2.26. The predicted molar refractivity (Wildman–Crippen MR) is 40.5 cm³/mol. The maximum Gasteiger partial charge on any atom is 0.251 e. The zero-order valence-corrected chi connectivity index (χ0v) is 6.26. The molecule has 1 N–H and O–H groups in total. The molecule has 1 heterocycles. The molecule has 0 radical (unpaired) electrons. The van der Waals surface area contributed by atoms with Crippen LogP contribution >= 0.6 is 0 Å². The van der Waals surface area contributed by atoms with Crippen molar-refractivity contribution in [3.63, 3.8) is 0 Å². The molecule has 1 aromatic rings. The van der Waals surface area contributed by atoms with E-state index in [1.165, 1.54) is 0 Å². The summed E-state index contributed by atoms with van der Waals surface area (Å²) in [7, 11) is 1.66. The summed E-state index contributed by atoms with van der Waals surface area (Å²) in [6.07, 6.45) is 2.56. The van der Waals surface area contributed by atoms with Gasteiger partial charge in [0.15, 0.2) is 0 Å². The van der Waals surface area contributed by atoms with Gasteiger partial charge in [-0.05, 0) is 11.6 Å². The number of rotatable bonds is 1. The zero-order valence-electron chi connectivity index (χ0n) is 6.26. The Morgan fingerprint density at radius 1 is 1.73 bits per heavy atom. The molecule has 1 atom stereocenters. The van der Waals surface area contributed by atoms with E-state index in [1.54, 1.807) is 13.3 Å². The molecular formula is C8H9NO2. The Bertz CT molecular complexity index is 329. The van der Waals surface area contributed by atoms with E-state index >= 15 is 0 Å². The molecule has 1 aromatic heterocycles. The molecule has 0 spiro atoms. The number of methoxy groups -OCH3 is 1. The van der Waals surface area contributed by atoms with Crippen molar-refractivity contribution in [3.8, 4) is 0 Å². The van der Waals surface area contributed by atoms with Crippen LogP contribution in [0.3, 0.4) is 0 Å². The summed E-state index contributed by atoms with van der Waals surface area (Å²) in [5.74, 6) is 0. The zero-order chi connectivity index (χ0) is 7.84. The summed E-state index contributed by atoms with van der Waals surface area (Å²) in [4.78, 5) is 13.7. The maximum absolute atomic E-state index is 11.0. The van der Waals surface area contributed by atoms with Gasteiger partial charge in [-0.1, -0.05) is 0 Å². The van der Waals surface area contributed by atoms with Crippen molar-refractivity contribution in [2.45, 2.75) is 12.5 Å². The molecule has 3 nitrogen and oxygen atoms in total. The van der Waals surface area contributed by atoms with Crippen molar-refractivity contribution in [3.05, 3.63) is 33.7 Å². The Morgan fingerprint density at radius 2 is 2.55 bits per heavy atom. The van der Waals surface area contributed by atoms with E-state index in [1.807, 2.05) is 6.07 Å². The number of H-pyrrole nitrogens is 1. The van der Waals surface area contributed by atoms with Crippen LogP contribution in [-0.4, -0.2) is 12.1 Å². The van der Waals surface area contributed by atoms with Crippen LogP contribution in [0.15, 0.2) is 17.1 Å². The average molecular weight is 151 g/mol. The number of nitrogens with one attached hydrogen (secondary N) is 1. The highest BCUT2D eigenvalue weighted by molar-refractivity contribution is 5.35. The lowest BCUT2D eigenvalue weighted by atomic mass is 9.87. The van der Waals surface area contributed by atoms with Crippen LogP contribution in [0.5, 0.6) is 0 Å². The van der Waals surface area contributed by atoms with E-state index in [9.17, 15) is 4.79 Å². The smallest absolute Gasteiger partial charge is 0.251 e. The Balaban J connectivity index is 2.49. The van der Waals surface area contributed by atoms with Crippen LogP contribution in [0.1, 0.15) is 17.2 Å². The third-order valence-electron chi connectivity index (χ3n) is 2.12. The van der Waals surface area contributed by atoms with Gasteiger partial charge in [-0.3, -0.25) is 4.79 Å². The van der Waals surface area contributed by atoms with Crippen molar-refractivity contribution in [1.29, 1.82) is 0 Å². The lowest BCUT2D eigenvalue weighted by Crippen LogP contribution is -2.28. The summed E-state index contributed by atoms with van der Waals surface area (Å²) in [5.41, 5.74) is 1.94. The molecule has 0 saturated carbocycles. The van der Waals surface area contributed by atoms with Gasteiger partial charge in [-0.25, -0.2) is 0 Å². The fourth-order valence-corrected chi connectivity index (χ4v) is 1.41. The van der Waals surface area contributed by atoms with Gasteiger partial charge in [0.25, 0.3) is 5.56 Å². The number of aromatic nitrogens is 1. The first-order valence-corrected chi connectivity index (χ1v) is 3.56. The van der Waals surface area contributed by atoms with Crippen LogP contribution in [0.4, 0.5) is 0 Å². The van der Waals surface area contributed by atoms with Crippen LogP contribution in [0.25, 0.3) is 0 Å². The first-order chi connectivity index (χ1) is 5.33. The van der Waals surface area contributed by atoms with E-state index < -0.39 is 0 Å². The van der Waals surface area contributed by atoms with E-state index in [0.717, 1.165) is 17.5 Å². The monoisotopic (exact) mass is 151 g/mol. The Labute approximate surface area is 64.0 Å². The lowest BCUT2D eigenvalue weighted by molar-refractivity contribution is 0.0836. The average Bonchev–Trinajstić information content (AvgIpc) is 1.95. The molecular weight excluding hydrogens is 142 g/mol. The summed E-state index contributed by atoms with van der Waals surface area (Å²) in [6.45, 7) is 0. The first kappa shape index (κ1) is 6.61. The minimum atomic E-state index is 0.0239. The second kappa shape index (κ2) is 2.20. The summed E-state index contributed by atoms with van der Waals surface area (Å²) in [5, 5.41) is 0. The van der Waals surface area contributed by atoms with Crippen LogP contribution in [0.2, 0.25) is 0 Å². The fraction of sp³-hybridized carbons (Fsp3) is 0.375. The third-order valence-corrected chi connectivity index (χ3v) is 2.12. The van der Waals surface area contributed by atoms with Crippen LogP contribution in [0, 0.1) is 0 Å². The quantitative estimate of drug-likeness (QED) is 0.639. The van der Waals surface area contributed by atoms with E-state index in [4.69, 9.17) is 4.74 Å². The van der Waals surface area contributed by atoms with Gasteiger partial charge in [-0.15, -0.1) is 0 Å². The summed E-state index contributed by atoms with van der Waals surface area (Å²) < 4.78 is 5.11. The highest BCUT2D eigenvalue weighted by Gasteiger charge is 2.27. The topological polar surface area (TPSA) is 42.1 Å². The summed E-state index contributed by atoms with van der Waals surface area (Å²) >= 11 is 0. The van der Waals surface area contributed by atoms with Crippen molar-refractivity contribution >= 4 is 0 Å². The largest absolute Gasteiger partial charge is 0.376 e. The molecule has 58 valence electrons. The molecule has 0 bridgehead atoms. The molecule has 1 aliphatic carbocycles. The van der Waals surface area contributed by atoms with E-state index in [-0.39, 0.29) is 11.7 Å². The normalized spacial score (nSPS) is 20.6. The molecule has 3 heteroatoms. The van der Waals surface area contributed by atoms with Crippen molar-refractivity contribution < 1.29 is 4.74 Å². The minimum Gasteiger partial charge on any atom is -0.376 e. The number of ether oxygens (including phenoxy) is 1. The molecule has 2 rings (SSSR count). The van der Waals surface area contributed by atoms with Gasteiger partial charge in [0.2, 0.25) is 0 Å². The Morgan fingerprint density at radius 3 is 3.27 bits per heavy atom. The third kappa shape index (κ3) is 0.811. The number of fused-ring (bicyclic) bond motifs is 1. The molecule has 0 aromatic carbocycles.